The lowest BCUT2D eigenvalue weighted by Gasteiger charge is -2.09. The third-order valence-electron chi connectivity index (χ3n) is 4.49. The average molecular weight is 378 g/mol. The van der Waals surface area contributed by atoms with Crippen molar-refractivity contribution in [3.8, 4) is 11.1 Å². The van der Waals surface area contributed by atoms with E-state index in [0.29, 0.717) is 11.1 Å². The summed E-state index contributed by atoms with van der Waals surface area (Å²) in [6.07, 6.45) is 1.54. The van der Waals surface area contributed by atoms with Crippen molar-refractivity contribution in [2.24, 2.45) is 0 Å². The van der Waals surface area contributed by atoms with Crippen LogP contribution in [0.25, 0.3) is 11.1 Å². The second-order valence-corrected chi connectivity index (χ2v) is 6.76. The number of rotatable bonds is 6. The van der Waals surface area contributed by atoms with Gasteiger partial charge in [-0.3, -0.25) is 4.79 Å². The Balaban J connectivity index is 1.73. The lowest BCUT2D eigenvalue weighted by atomic mass is 9.80. The molecule has 3 rings (SSSR count). The highest BCUT2D eigenvalue weighted by atomic mass is 19.1. The quantitative estimate of drug-likeness (QED) is 0.569. The van der Waals surface area contributed by atoms with Crippen LogP contribution in [0.4, 0.5) is 10.2 Å². The summed E-state index contributed by atoms with van der Waals surface area (Å²) >= 11 is 0. The van der Waals surface area contributed by atoms with Crippen LogP contribution < -0.4 is 11.2 Å². The fourth-order valence-corrected chi connectivity index (χ4v) is 3.01. The minimum atomic E-state index is -1.63. The van der Waals surface area contributed by atoms with Gasteiger partial charge in [-0.1, -0.05) is 42.0 Å². The van der Waals surface area contributed by atoms with Crippen molar-refractivity contribution in [2.45, 2.75) is 19.8 Å². The highest BCUT2D eigenvalue weighted by Gasteiger charge is 2.15. The van der Waals surface area contributed by atoms with E-state index in [-0.39, 0.29) is 35.7 Å². The van der Waals surface area contributed by atoms with Gasteiger partial charge in [0.25, 0.3) is 0 Å². The SMILES string of the molecule is Cc1ccc(F)c(CC(=O)Cc2ccc(-c3cc(B(O)O)cnc3N)cc2)c1. The Kier molecular flexibility index (Phi) is 5.87. The highest BCUT2D eigenvalue weighted by Crippen LogP contribution is 2.24. The summed E-state index contributed by atoms with van der Waals surface area (Å²) < 4.78 is 13.8. The van der Waals surface area contributed by atoms with Crippen molar-refractivity contribution in [1.29, 1.82) is 0 Å². The number of aryl methyl sites for hydroxylation is 1. The Bertz CT molecular complexity index is 1010. The molecule has 4 N–H and O–H groups in total. The zero-order chi connectivity index (χ0) is 20.3. The van der Waals surface area contributed by atoms with E-state index in [1.54, 1.807) is 42.5 Å². The van der Waals surface area contributed by atoms with Gasteiger partial charge in [0.15, 0.2) is 0 Å². The molecule has 0 bridgehead atoms. The number of ketones is 1. The first-order chi connectivity index (χ1) is 13.3. The maximum atomic E-state index is 13.8. The summed E-state index contributed by atoms with van der Waals surface area (Å²) in [4.78, 5) is 16.3. The molecule has 0 aliphatic rings. The molecule has 0 amide bonds. The smallest absolute Gasteiger partial charge is 0.423 e. The number of nitrogens with two attached hydrogens (primary N) is 1. The molecule has 28 heavy (non-hydrogen) atoms. The number of benzene rings is 2. The summed E-state index contributed by atoms with van der Waals surface area (Å²) in [6, 6.07) is 13.5. The van der Waals surface area contributed by atoms with Crippen molar-refractivity contribution in [1.82, 2.24) is 4.98 Å². The van der Waals surface area contributed by atoms with Crippen molar-refractivity contribution in [3.05, 3.63) is 77.2 Å². The van der Waals surface area contributed by atoms with E-state index in [9.17, 15) is 19.2 Å². The van der Waals surface area contributed by atoms with E-state index in [1.165, 1.54) is 12.3 Å². The topological polar surface area (TPSA) is 96.4 Å². The van der Waals surface area contributed by atoms with Crippen LogP contribution in [0.2, 0.25) is 0 Å². The van der Waals surface area contributed by atoms with Crippen LogP contribution in [0, 0.1) is 12.7 Å². The fraction of sp³-hybridized carbons (Fsp3) is 0.143. The predicted molar refractivity (Wildman–Crippen MR) is 107 cm³/mol. The first kappa shape index (κ1) is 19.7. The van der Waals surface area contributed by atoms with Crippen LogP contribution in [-0.2, 0) is 17.6 Å². The number of pyridine rings is 1. The molecule has 0 aliphatic heterocycles. The van der Waals surface area contributed by atoms with Gasteiger partial charge in [-0.2, -0.15) is 0 Å². The number of aromatic nitrogens is 1. The van der Waals surface area contributed by atoms with Crippen molar-refractivity contribution >= 4 is 24.2 Å². The van der Waals surface area contributed by atoms with Gasteiger partial charge in [-0.25, -0.2) is 9.37 Å². The van der Waals surface area contributed by atoms with Gasteiger partial charge < -0.3 is 15.8 Å². The molecule has 0 radical (unpaired) electrons. The summed E-state index contributed by atoms with van der Waals surface area (Å²) in [5, 5.41) is 18.6. The second kappa shape index (κ2) is 8.33. The van der Waals surface area contributed by atoms with Gasteiger partial charge in [0.05, 0.1) is 0 Å². The molecule has 3 aromatic rings. The third kappa shape index (κ3) is 4.63. The van der Waals surface area contributed by atoms with Gasteiger partial charge in [-0.15, -0.1) is 0 Å². The molecule has 0 fully saturated rings. The van der Waals surface area contributed by atoms with E-state index in [4.69, 9.17) is 5.73 Å². The first-order valence-electron chi connectivity index (χ1n) is 8.81. The summed E-state index contributed by atoms with van der Waals surface area (Å²) in [5.74, 6) is -0.185. The molecule has 0 spiro atoms. The van der Waals surface area contributed by atoms with Crippen LogP contribution in [0.1, 0.15) is 16.7 Å². The van der Waals surface area contributed by atoms with Gasteiger partial charge in [0.2, 0.25) is 0 Å². The van der Waals surface area contributed by atoms with E-state index in [1.807, 2.05) is 6.92 Å². The molecule has 0 saturated heterocycles. The maximum absolute atomic E-state index is 13.8. The summed E-state index contributed by atoms with van der Waals surface area (Å²) in [5.41, 5.74) is 9.56. The number of anilines is 1. The Labute approximate surface area is 162 Å². The minimum Gasteiger partial charge on any atom is -0.423 e. The summed E-state index contributed by atoms with van der Waals surface area (Å²) in [7, 11) is -1.63. The molecular weight excluding hydrogens is 358 g/mol. The number of hydrogen-bond acceptors (Lipinski definition) is 5. The number of carbonyl (C=O) groups excluding carboxylic acids is 1. The number of Topliss-reactive ketones (excluding diaryl/α,β-unsaturated/α-hetero) is 1. The van der Waals surface area contributed by atoms with Gasteiger partial charge in [0.1, 0.15) is 17.4 Å². The average Bonchev–Trinajstić information content (AvgIpc) is 2.65. The molecule has 0 aliphatic carbocycles. The molecule has 2 aromatic carbocycles. The lowest BCUT2D eigenvalue weighted by Crippen LogP contribution is -2.30. The zero-order valence-corrected chi connectivity index (χ0v) is 15.4. The Morgan fingerprint density at radius 1 is 1.11 bits per heavy atom. The number of nitrogens with zero attached hydrogens (tertiary/aromatic N) is 1. The molecule has 5 nitrogen and oxygen atoms in total. The largest absolute Gasteiger partial charge is 0.490 e. The minimum absolute atomic E-state index is 0.0442. The van der Waals surface area contributed by atoms with Crippen LogP contribution in [0.3, 0.4) is 0 Å². The van der Waals surface area contributed by atoms with E-state index < -0.39 is 7.12 Å². The number of hydrogen-bond donors (Lipinski definition) is 3. The fourth-order valence-electron chi connectivity index (χ4n) is 3.01. The summed E-state index contributed by atoms with van der Waals surface area (Å²) in [6.45, 7) is 1.86. The standard InChI is InChI=1S/C21H20BFN2O3/c1-13-2-7-20(23)16(8-13)10-18(26)9-14-3-5-15(6-4-14)19-11-17(22(27)28)12-25-21(19)24/h2-8,11-12,27-28H,9-10H2,1H3,(H2,24,25). The van der Waals surface area contributed by atoms with Gasteiger partial charge in [0, 0.05) is 30.1 Å². The van der Waals surface area contributed by atoms with Crippen LogP contribution in [0.15, 0.2) is 54.7 Å². The molecule has 142 valence electrons. The van der Waals surface area contributed by atoms with E-state index >= 15 is 0 Å². The first-order valence-corrected chi connectivity index (χ1v) is 8.81. The molecule has 0 unspecified atom stereocenters. The van der Waals surface area contributed by atoms with Crippen LogP contribution in [-0.4, -0.2) is 27.9 Å². The van der Waals surface area contributed by atoms with Crippen molar-refractivity contribution < 1.29 is 19.2 Å². The van der Waals surface area contributed by atoms with Crippen molar-refractivity contribution in [2.75, 3.05) is 5.73 Å². The Hall–Kier alpha value is -3.03. The number of nitrogen functional groups attached to an aromatic ring is 1. The molecule has 0 atom stereocenters. The highest BCUT2D eigenvalue weighted by molar-refractivity contribution is 6.58. The van der Waals surface area contributed by atoms with Crippen molar-refractivity contribution in [3.63, 3.8) is 0 Å². The van der Waals surface area contributed by atoms with E-state index in [2.05, 4.69) is 4.98 Å². The molecule has 1 aromatic heterocycles. The molecular formula is C21H20BFN2O3. The molecule has 1 heterocycles. The molecule has 7 heteroatoms. The Morgan fingerprint density at radius 2 is 1.82 bits per heavy atom. The Morgan fingerprint density at radius 3 is 2.50 bits per heavy atom. The predicted octanol–water partition coefficient (Wildman–Crippen LogP) is 1.81. The maximum Gasteiger partial charge on any atom is 0.490 e. The van der Waals surface area contributed by atoms with Crippen LogP contribution in [0.5, 0.6) is 0 Å². The molecule has 0 saturated carbocycles. The lowest BCUT2D eigenvalue weighted by molar-refractivity contribution is -0.117. The normalized spacial score (nSPS) is 10.7. The third-order valence-corrected chi connectivity index (χ3v) is 4.49. The monoisotopic (exact) mass is 378 g/mol. The van der Waals surface area contributed by atoms with E-state index in [0.717, 1.165) is 16.7 Å². The van der Waals surface area contributed by atoms with Gasteiger partial charge >= 0.3 is 7.12 Å². The second-order valence-electron chi connectivity index (χ2n) is 6.76. The van der Waals surface area contributed by atoms with Crippen LogP contribution >= 0.6 is 0 Å². The van der Waals surface area contributed by atoms with Gasteiger partial charge in [-0.05, 0) is 35.7 Å². The zero-order valence-electron chi connectivity index (χ0n) is 15.4. The number of halogens is 1. The number of carbonyl (C=O) groups is 1.